The Bertz CT molecular complexity index is 507. The number of rotatable bonds is 3. The van der Waals surface area contributed by atoms with Gasteiger partial charge < -0.3 is 4.90 Å². The van der Waals surface area contributed by atoms with E-state index in [-0.39, 0.29) is 5.91 Å². The van der Waals surface area contributed by atoms with E-state index < -0.39 is 0 Å². The van der Waals surface area contributed by atoms with Gasteiger partial charge in [-0.05, 0) is 43.6 Å². The smallest absolute Gasteiger partial charge is 0.269 e. The minimum Gasteiger partial charge on any atom is -0.308 e. The van der Waals surface area contributed by atoms with Gasteiger partial charge in [-0.25, -0.2) is 0 Å². The third-order valence-corrected chi connectivity index (χ3v) is 3.34. The van der Waals surface area contributed by atoms with Gasteiger partial charge in [0.15, 0.2) is 0 Å². The average Bonchev–Trinajstić information content (AvgIpc) is 2.78. The largest absolute Gasteiger partial charge is 0.308 e. The van der Waals surface area contributed by atoms with Crippen LogP contribution in [0.15, 0.2) is 36.4 Å². The van der Waals surface area contributed by atoms with Gasteiger partial charge >= 0.3 is 0 Å². The fourth-order valence-electron chi connectivity index (χ4n) is 1.65. The number of aryl methyl sites for hydroxylation is 1. The normalized spacial score (nSPS) is 10.2. The highest BCUT2D eigenvalue weighted by atomic mass is 32.1. The van der Waals surface area contributed by atoms with E-state index in [1.165, 1.54) is 11.5 Å². The Morgan fingerprint density at radius 3 is 2.59 bits per heavy atom. The Hall–Kier alpha value is -1.68. The third-order valence-electron chi connectivity index (χ3n) is 2.47. The summed E-state index contributed by atoms with van der Waals surface area (Å²) in [5.41, 5.74) is 1.81. The van der Waals surface area contributed by atoms with Crippen molar-refractivity contribution in [2.24, 2.45) is 0 Å². The van der Waals surface area contributed by atoms with Crippen LogP contribution in [0.1, 0.15) is 22.3 Å². The lowest BCUT2D eigenvalue weighted by Gasteiger charge is -2.19. The van der Waals surface area contributed by atoms with Gasteiger partial charge in [0, 0.05) is 12.2 Å². The zero-order valence-corrected chi connectivity index (χ0v) is 10.7. The van der Waals surface area contributed by atoms with E-state index in [0.717, 1.165) is 11.4 Å². The number of carbonyl (C=O) groups excluding carboxylic acids is 1. The van der Waals surface area contributed by atoms with E-state index in [9.17, 15) is 4.79 Å². The number of carbonyl (C=O) groups is 1. The molecule has 0 aliphatic rings. The van der Waals surface area contributed by atoms with Crippen LogP contribution in [0, 0.1) is 6.92 Å². The fraction of sp³-hybridized carbons (Fsp3) is 0.231. The second-order valence-corrected chi connectivity index (χ2v) is 4.52. The first-order valence-corrected chi connectivity index (χ1v) is 6.30. The summed E-state index contributed by atoms with van der Waals surface area (Å²) >= 11 is 1.25. The number of aromatic nitrogens is 1. The summed E-state index contributed by atoms with van der Waals surface area (Å²) in [6.45, 7) is 4.52. The number of anilines is 1. The van der Waals surface area contributed by atoms with Crippen molar-refractivity contribution in [1.29, 1.82) is 0 Å². The molecule has 2 rings (SSSR count). The molecule has 1 aromatic carbocycles. The Morgan fingerprint density at radius 2 is 2.06 bits per heavy atom. The number of amides is 1. The molecule has 3 nitrogen and oxygen atoms in total. The lowest BCUT2D eigenvalue weighted by molar-refractivity contribution is 0.0992. The third kappa shape index (κ3) is 2.53. The molecule has 1 aromatic heterocycles. The first-order valence-electron chi connectivity index (χ1n) is 5.52. The second-order valence-electron chi connectivity index (χ2n) is 3.72. The first kappa shape index (κ1) is 11.8. The van der Waals surface area contributed by atoms with E-state index in [2.05, 4.69) is 4.37 Å². The highest BCUT2D eigenvalue weighted by molar-refractivity contribution is 7.08. The first-order chi connectivity index (χ1) is 8.22. The molecule has 0 spiro atoms. The van der Waals surface area contributed by atoms with Crippen LogP contribution in [0.2, 0.25) is 0 Å². The zero-order valence-electron chi connectivity index (χ0n) is 9.88. The number of hydrogen-bond acceptors (Lipinski definition) is 3. The Kier molecular flexibility index (Phi) is 3.54. The minimum absolute atomic E-state index is 0.0179. The summed E-state index contributed by atoms with van der Waals surface area (Å²) in [6, 6.07) is 11.5. The molecule has 4 heteroatoms. The molecular formula is C13H14N2OS. The molecule has 88 valence electrons. The molecule has 0 radical (unpaired) electrons. The van der Waals surface area contributed by atoms with Gasteiger partial charge in [-0.2, -0.15) is 4.37 Å². The fourth-order valence-corrected chi connectivity index (χ4v) is 2.36. The van der Waals surface area contributed by atoms with Crippen molar-refractivity contribution >= 4 is 23.1 Å². The van der Waals surface area contributed by atoms with Crippen LogP contribution < -0.4 is 4.90 Å². The topological polar surface area (TPSA) is 33.2 Å². The lowest BCUT2D eigenvalue weighted by Crippen LogP contribution is -2.29. The molecule has 1 amide bonds. The van der Waals surface area contributed by atoms with Crippen molar-refractivity contribution in [2.45, 2.75) is 13.8 Å². The Labute approximate surface area is 105 Å². The summed E-state index contributed by atoms with van der Waals surface area (Å²) in [4.78, 5) is 14.7. The van der Waals surface area contributed by atoms with E-state index in [4.69, 9.17) is 0 Å². The molecule has 0 atom stereocenters. The standard InChI is InChI=1S/C13H14N2OS/c1-3-15(11-7-5-4-6-8-11)13(16)12-9-10(2)14-17-12/h4-9H,3H2,1-2H3. The molecule has 0 saturated carbocycles. The van der Waals surface area contributed by atoms with Gasteiger partial charge in [0.2, 0.25) is 0 Å². The van der Waals surface area contributed by atoms with Crippen LogP contribution in [-0.4, -0.2) is 16.8 Å². The molecule has 0 saturated heterocycles. The summed E-state index contributed by atoms with van der Waals surface area (Å²) in [6.07, 6.45) is 0. The average molecular weight is 246 g/mol. The maximum Gasteiger partial charge on any atom is 0.269 e. The number of hydrogen-bond donors (Lipinski definition) is 0. The molecule has 0 bridgehead atoms. The molecule has 2 aromatic rings. The van der Waals surface area contributed by atoms with Crippen molar-refractivity contribution in [2.75, 3.05) is 11.4 Å². The van der Waals surface area contributed by atoms with Gasteiger partial charge in [0.25, 0.3) is 5.91 Å². The number of para-hydroxylation sites is 1. The maximum absolute atomic E-state index is 12.3. The predicted octanol–water partition coefficient (Wildman–Crippen LogP) is 3.12. The van der Waals surface area contributed by atoms with E-state index >= 15 is 0 Å². The summed E-state index contributed by atoms with van der Waals surface area (Å²) < 4.78 is 4.14. The second kappa shape index (κ2) is 5.10. The summed E-state index contributed by atoms with van der Waals surface area (Å²) in [5.74, 6) is 0.0179. The van der Waals surface area contributed by atoms with Crippen LogP contribution in [0.5, 0.6) is 0 Å². The molecule has 0 aliphatic carbocycles. The van der Waals surface area contributed by atoms with Gasteiger partial charge in [-0.15, -0.1) is 0 Å². The lowest BCUT2D eigenvalue weighted by atomic mass is 10.2. The Balaban J connectivity index is 2.28. The van der Waals surface area contributed by atoms with Crippen LogP contribution in [0.25, 0.3) is 0 Å². The predicted molar refractivity (Wildman–Crippen MR) is 70.6 cm³/mol. The van der Waals surface area contributed by atoms with Crippen molar-refractivity contribution in [1.82, 2.24) is 4.37 Å². The quantitative estimate of drug-likeness (QED) is 0.833. The number of benzene rings is 1. The molecule has 0 fully saturated rings. The van der Waals surface area contributed by atoms with E-state index in [1.807, 2.05) is 50.2 Å². The molecule has 1 heterocycles. The monoisotopic (exact) mass is 246 g/mol. The maximum atomic E-state index is 12.3. The van der Waals surface area contributed by atoms with Crippen LogP contribution in [-0.2, 0) is 0 Å². The van der Waals surface area contributed by atoms with Crippen molar-refractivity contribution in [3.8, 4) is 0 Å². The van der Waals surface area contributed by atoms with Gasteiger partial charge in [-0.1, -0.05) is 18.2 Å². The van der Waals surface area contributed by atoms with Crippen LogP contribution >= 0.6 is 11.5 Å². The van der Waals surface area contributed by atoms with E-state index in [0.29, 0.717) is 11.4 Å². The van der Waals surface area contributed by atoms with Crippen molar-refractivity contribution in [3.05, 3.63) is 47.0 Å². The highest BCUT2D eigenvalue weighted by Crippen LogP contribution is 2.19. The van der Waals surface area contributed by atoms with Gasteiger partial charge in [-0.3, -0.25) is 4.79 Å². The molecule has 0 N–H and O–H groups in total. The highest BCUT2D eigenvalue weighted by Gasteiger charge is 2.17. The molecule has 17 heavy (non-hydrogen) atoms. The van der Waals surface area contributed by atoms with Crippen LogP contribution in [0.4, 0.5) is 5.69 Å². The van der Waals surface area contributed by atoms with Crippen LogP contribution in [0.3, 0.4) is 0 Å². The van der Waals surface area contributed by atoms with Gasteiger partial charge in [0.05, 0.1) is 5.69 Å². The van der Waals surface area contributed by atoms with Gasteiger partial charge in [0.1, 0.15) is 4.88 Å². The summed E-state index contributed by atoms with van der Waals surface area (Å²) in [5, 5.41) is 0. The van der Waals surface area contributed by atoms with E-state index in [1.54, 1.807) is 4.90 Å². The summed E-state index contributed by atoms with van der Waals surface area (Å²) in [7, 11) is 0. The molecular weight excluding hydrogens is 232 g/mol. The minimum atomic E-state index is 0.0179. The number of nitrogens with zero attached hydrogens (tertiary/aromatic N) is 2. The zero-order chi connectivity index (χ0) is 12.3. The van der Waals surface area contributed by atoms with Crippen molar-refractivity contribution in [3.63, 3.8) is 0 Å². The SMILES string of the molecule is CCN(C(=O)c1cc(C)ns1)c1ccccc1. The molecule has 0 aliphatic heterocycles. The van der Waals surface area contributed by atoms with Crippen molar-refractivity contribution < 1.29 is 4.79 Å². The molecule has 0 unspecified atom stereocenters. The Morgan fingerprint density at radius 1 is 1.35 bits per heavy atom.